The van der Waals surface area contributed by atoms with Gasteiger partial charge in [-0.05, 0) is 24.5 Å². The predicted molar refractivity (Wildman–Crippen MR) is 100 cm³/mol. The van der Waals surface area contributed by atoms with Crippen LogP contribution in [-0.4, -0.2) is 22.2 Å². The van der Waals surface area contributed by atoms with Crippen molar-refractivity contribution >= 4 is 23.9 Å². The molecule has 0 bridgehead atoms. The molecule has 0 aliphatic heterocycles. The largest absolute Gasteiger partial charge is 0.352 e. The lowest BCUT2D eigenvalue weighted by Gasteiger charge is -2.16. The Morgan fingerprint density at radius 1 is 0.957 bits per heavy atom. The summed E-state index contributed by atoms with van der Waals surface area (Å²) < 4.78 is 0. The number of nitrogens with one attached hydrogen (secondary N) is 1. The molecule has 124 valence electrons. The normalized spacial score (nSPS) is 19.2. The number of H-pyrrole nitrogens is 1. The van der Waals surface area contributed by atoms with E-state index in [1.54, 1.807) is 0 Å². The van der Waals surface area contributed by atoms with Crippen LogP contribution in [0.15, 0.2) is 12.3 Å². The number of hydrogen-bond acceptors (Lipinski definition) is 2. The van der Waals surface area contributed by atoms with Crippen LogP contribution in [0.2, 0.25) is 6.82 Å². The van der Waals surface area contributed by atoms with E-state index in [9.17, 15) is 0 Å². The van der Waals surface area contributed by atoms with Gasteiger partial charge in [-0.15, -0.1) is 0 Å². The molecule has 3 nitrogen and oxygen atoms in total. The number of nitrogens with zero attached hydrogens (tertiary/aromatic N) is 2. The van der Waals surface area contributed by atoms with Gasteiger partial charge in [-0.2, -0.15) is 0 Å². The number of aromatic nitrogens is 3. The van der Waals surface area contributed by atoms with Gasteiger partial charge in [-0.25, -0.2) is 9.97 Å². The summed E-state index contributed by atoms with van der Waals surface area (Å²) in [6.45, 7) is 2.17. The fourth-order valence-corrected chi connectivity index (χ4v) is 3.80. The van der Waals surface area contributed by atoms with E-state index in [0.717, 1.165) is 24.1 Å². The third-order valence-corrected chi connectivity index (χ3v) is 5.30. The van der Waals surface area contributed by atoms with Crippen LogP contribution in [0.25, 0.3) is 11.0 Å². The van der Waals surface area contributed by atoms with E-state index in [-0.39, 0.29) is 0 Å². The summed E-state index contributed by atoms with van der Waals surface area (Å²) in [5.74, 6) is 1.62. The van der Waals surface area contributed by atoms with Crippen molar-refractivity contribution in [1.82, 2.24) is 15.0 Å². The number of aromatic amines is 1. The van der Waals surface area contributed by atoms with Crippen molar-refractivity contribution in [2.45, 2.75) is 83.4 Å². The highest BCUT2D eigenvalue weighted by atomic mass is 14.9. The second kappa shape index (κ2) is 8.51. The third kappa shape index (κ3) is 4.59. The zero-order valence-electron chi connectivity index (χ0n) is 14.6. The van der Waals surface area contributed by atoms with Crippen LogP contribution in [0.5, 0.6) is 0 Å². The zero-order valence-corrected chi connectivity index (χ0v) is 14.6. The van der Waals surface area contributed by atoms with E-state index in [2.05, 4.69) is 17.9 Å². The molecule has 2 aromatic rings. The fraction of sp³-hybridized carbons (Fsp3) is 0.684. The van der Waals surface area contributed by atoms with Gasteiger partial charge in [-0.3, -0.25) is 0 Å². The van der Waals surface area contributed by atoms with Gasteiger partial charge in [-0.1, -0.05) is 64.6 Å². The summed E-state index contributed by atoms with van der Waals surface area (Å²) in [5, 5.41) is 1.15. The molecule has 23 heavy (non-hydrogen) atoms. The van der Waals surface area contributed by atoms with Gasteiger partial charge < -0.3 is 4.98 Å². The molecule has 1 aliphatic carbocycles. The minimum atomic E-state index is 0.548. The SMILES string of the molecule is CBc1cc2cnc(C3CCCCCCCCCCC3)nc2[nH]1. The number of rotatable bonds is 2. The van der Waals surface area contributed by atoms with Crippen LogP contribution in [0.4, 0.5) is 0 Å². The molecule has 1 aliphatic rings. The Labute approximate surface area is 140 Å². The van der Waals surface area contributed by atoms with Crippen LogP contribution < -0.4 is 5.59 Å². The average Bonchev–Trinajstić information content (AvgIpc) is 2.97. The first-order valence-electron chi connectivity index (χ1n) is 9.71. The molecule has 2 aromatic heterocycles. The Bertz CT molecular complexity index is 596. The third-order valence-electron chi connectivity index (χ3n) is 5.30. The van der Waals surface area contributed by atoms with Gasteiger partial charge in [0.25, 0.3) is 0 Å². The number of fused-ring (bicyclic) bond motifs is 1. The summed E-state index contributed by atoms with van der Waals surface area (Å²) in [5.41, 5.74) is 2.28. The van der Waals surface area contributed by atoms with E-state index < -0.39 is 0 Å². The molecular formula is C19H30BN3. The van der Waals surface area contributed by atoms with Crippen molar-refractivity contribution in [3.8, 4) is 0 Å². The van der Waals surface area contributed by atoms with E-state index in [0.29, 0.717) is 5.92 Å². The summed E-state index contributed by atoms with van der Waals surface area (Å²) in [6, 6.07) is 2.18. The zero-order chi connectivity index (χ0) is 15.9. The maximum atomic E-state index is 4.87. The summed E-state index contributed by atoms with van der Waals surface area (Å²) in [6.07, 6.45) is 17.0. The quantitative estimate of drug-likeness (QED) is 0.832. The smallest absolute Gasteiger partial charge is 0.176 e. The monoisotopic (exact) mass is 311 g/mol. The topological polar surface area (TPSA) is 41.6 Å². The molecule has 0 aromatic carbocycles. The van der Waals surface area contributed by atoms with Gasteiger partial charge in [0.2, 0.25) is 0 Å². The molecule has 1 saturated carbocycles. The molecule has 1 fully saturated rings. The molecule has 0 radical (unpaired) electrons. The maximum absolute atomic E-state index is 4.87. The average molecular weight is 311 g/mol. The van der Waals surface area contributed by atoms with Crippen molar-refractivity contribution in [3.05, 3.63) is 18.1 Å². The van der Waals surface area contributed by atoms with Crippen LogP contribution >= 0.6 is 0 Å². The van der Waals surface area contributed by atoms with E-state index in [1.165, 1.54) is 76.2 Å². The Morgan fingerprint density at radius 3 is 2.17 bits per heavy atom. The minimum absolute atomic E-state index is 0.548. The van der Waals surface area contributed by atoms with Gasteiger partial charge >= 0.3 is 0 Å². The first kappa shape index (κ1) is 16.5. The lowest BCUT2D eigenvalue weighted by Crippen LogP contribution is -2.10. The summed E-state index contributed by atoms with van der Waals surface area (Å²) >= 11 is 0. The molecule has 4 heteroatoms. The van der Waals surface area contributed by atoms with Gasteiger partial charge in [0, 0.05) is 17.5 Å². The lowest BCUT2D eigenvalue weighted by atomic mass is 9.78. The molecule has 0 unspecified atom stereocenters. The second-order valence-corrected chi connectivity index (χ2v) is 7.14. The molecule has 0 saturated heterocycles. The van der Waals surface area contributed by atoms with Crippen molar-refractivity contribution in [2.24, 2.45) is 0 Å². The Morgan fingerprint density at radius 2 is 1.57 bits per heavy atom. The van der Waals surface area contributed by atoms with Gasteiger partial charge in [0.05, 0.1) is 0 Å². The van der Waals surface area contributed by atoms with E-state index in [4.69, 9.17) is 9.97 Å². The maximum Gasteiger partial charge on any atom is 0.176 e. The Balaban J connectivity index is 1.72. The highest BCUT2D eigenvalue weighted by molar-refractivity contribution is 6.51. The van der Waals surface area contributed by atoms with Crippen molar-refractivity contribution in [2.75, 3.05) is 0 Å². The van der Waals surface area contributed by atoms with Crippen LogP contribution in [0, 0.1) is 0 Å². The fourth-order valence-electron chi connectivity index (χ4n) is 3.80. The molecule has 3 rings (SSSR count). The molecule has 1 N–H and O–H groups in total. The van der Waals surface area contributed by atoms with Crippen molar-refractivity contribution in [1.29, 1.82) is 0 Å². The van der Waals surface area contributed by atoms with Gasteiger partial charge in [0.1, 0.15) is 11.5 Å². The first-order chi connectivity index (χ1) is 11.4. The van der Waals surface area contributed by atoms with Crippen LogP contribution in [0.1, 0.15) is 82.4 Å². The highest BCUT2D eigenvalue weighted by Crippen LogP contribution is 2.28. The van der Waals surface area contributed by atoms with Crippen LogP contribution in [0.3, 0.4) is 0 Å². The number of hydrogen-bond donors (Lipinski definition) is 1. The predicted octanol–water partition coefficient (Wildman–Crippen LogP) is 4.46. The second-order valence-electron chi connectivity index (χ2n) is 7.14. The van der Waals surface area contributed by atoms with E-state index >= 15 is 0 Å². The standard InChI is InChI=1S/C19H30BN3/c1-20-17-13-16-14-21-18(23-19(16)22-17)15-11-9-7-5-3-2-4-6-8-10-12-15/h13-15,20H,2-12H2,1H3,(H,21,22,23). The van der Waals surface area contributed by atoms with Crippen LogP contribution in [-0.2, 0) is 0 Å². The van der Waals surface area contributed by atoms with Gasteiger partial charge in [0.15, 0.2) is 7.28 Å². The molecule has 2 heterocycles. The van der Waals surface area contributed by atoms with E-state index in [1.807, 2.05) is 6.20 Å². The molecule has 0 amide bonds. The lowest BCUT2D eigenvalue weighted by molar-refractivity contribution is 0.456. The molecule has 0 spiro atoms. The molecular weight excluding hydrogens is 281 g/mol. The Kier molecular flexibility index (Phi) is 6.12. The van der Waals surface area contributed by atoms with Crippen molar-refractivity contribution in [3.63, 3.8) is 0 Å². The Hall–Kier alpha value is -1.32. The van der Waals surface area contributed by atoms with Crippen molar-refractivity contribution < 1.29 is 0 Å². The minimum Gasteiger partial charge on any atom is -0.352 e. The highest BCUT2D eigenvalue weighted by Gasteiger charge is 2.16. The molecule has 0 atom stereocenters. The first-order valence-corrected chi connectivity index (χ1v) is 9.71. The summed E-state index contributed by atoms with van der Waals surface area (Å²) in [7, 11) is 1.02. The summed E-state index contributed by atoms with van der Waals surface area (Å²) in [4.78, 5) is 13.0.